The lowest BCUT2D eigenvalue weighted by Crippen LogP contribution is -2.29. The van der Waals surface area contributed by atoms with Crippen molar-refractivity contribution in [2.75, 3.05) is 26.7 Å². The van der Waals surface area contributed by atoms with E-state index in [1.165, 1.54) is 19.5 Å². The first kappa shape index (κ1) is 7.03. The van der Waals surface area contributed by atoms with Gasteiger partial charge in [0.25, 0.3) is 0 Å². The summed E-state index contributed by atoms with van der Waals surface area (Å²) >= 11 is 0. The highest BCUT2D eigenvalue weighted by atomic mass is 15.2. The molecule has 0 aliphatic carbocycles. The van der Waals surface area contributed by atoms with Gasteiger partial charge in [-0.3, -0.25) is 0 Å². The molecule has 2 nitrogen and oxygen atoms in total. The maximum absolute atomic E-state index is 3.37. The fourth-order valence-electron chi connectivity index (χ4n) is 1.13. The molecule has 0 aromatic heterocycles. The molecular formula is C7H16N2. The lowest BCUT2D eigenvalue weighted by Gasteiger charge is -2.20. The third-order valence-corrected chi connectivity index (χ3v) is 2.13. The Morgan fingerprint density at radius 1 is 1.44 bits per heavy atom. The van der Waals surface area contributed by atoms with Gasteiger partial charge in [-0.25, -0.2) is 0 Å². The Morgan fingerprint density at radius 2 is 2.22 bits per heavy atom. The molecule has 0 amide bonds. The zero-order valence-electron chi connectivity index (χ0n) is 6.35. The molecule has 1 saturated heterocycles. The van der Waals surface area contributed by atoms with Crippen LogP contribution in [0.2, 0.25) is 0 Å². The molecule has 1 heterocycles. The van der Waals surface area contributed by atoms with Crippen LogP contribution in [0.5, 0.6) is 0 Å². The summed E-state index contributed by atoms with van der Waals surface area (Å²) in [4.78, 5) is 2.40. The van der Waals surface area contributed by atoms with Gasteiger partial charge in [0.2, 0.25) is 0 Å². The molecule has 0 bridgehead atoms. The lowest BCUT2D eigenvalue weighted by molar-refractivity contribution is 0.272. The van der Waals surface area contributed by atoms with E-state index in [4.69, 9.17) is 0 Å². The highest BCUT2D eigenvalue weighted by molar-refractivity contribution is 4.69. The van der Waals surface area contributed by atoms with Crippen LogP contribution >= 0.6 is 0 Å². The van der Waals surface area contributed by atoms with Crippen molar-refractivity contribution in [3.8, 4) is 0 Å². The fraction of sp³-hybridized carbons (Fsp3) is 1.00. The van der Waals surface area contributed by atoms with Crippen molar-refractivity contribution in [3.63, 3.8) is 0 Å². The Bertz CT molecular complexity index is 73.0. The minimum atomic E-state index is 0.764. The summed E-state index contributed by atoms with van der Waals surface area (Å²) in [6.07, 6.45) is 1.29. The molecule has 0 aromatic rings. The second-order valence-electron chi connectivity index (χ2n) is 2.87. The first-order valence-corrected chi connectivity index (χ1v) is 3.71. The number of hydrogen-bond donors (Lipinski definition) is 1. The zero-order chi connectivity index (χ0) is 6.69. The number of nitrogens with zero attached hydrogens (tertiary/aromatic N) is 1. The molecular weight excluding hydrogens is 112 g/mol. The topological polar surface area (TPSA) is 15.3 Å². The Kier molecular flexibility index (Phi) is 2.49. The van der Waals surface area contributed by atoms with Gasteiger partial charge in [0, 0.05) is 19.1 Å². The Morgan fingerprint density at radius 3 is 3.00 bits per heavy atom. The van der Waals surface area contributed by atoms with E-state index in [1.54, 1.807) is 0 Å². The maximum Gasteiger partial charge on any atom is 0.0107 e. The van der Waals surface area contributed by atoms with E-state index < -0.39 is 0 Å². The number of rotatable bonds is 0. The minimum absolute atomic E-state index is 0.764. The van der Waals surface area contributed by atoms with E-state index in [0.717, 1.165) is 12.6 Å². The Balaban J connectivity index is 2.32. The first-order chi connectivity index (χ1) is 4.30. The summed E-state index contributed by atoms with van der Waals surface area (Å²) < 4.78 is 0. The van der Waals surface area contributed by atoms with Crippen LogP contribution in [0, 0.1) is 0 Å². The molecule has 1 aliphatic heterocycles. The van der Waals surface area contributed by atoms with E-state index >= 15 is 0 Å². The molecule has 0 spiro atoms. The van der Waals surface area contributed by atoms with Gasteiger partial charge < -0.3 is 10.2 Å². The summed E-state index contributed by atoms with van der Waals surface area (Å²) in [5.74, 6) is 0. The molecule has 0 radical (unpaired) electrons. The van der Waals surface area contributed by atoms with E-state index in [-0.39, 0.29) is 0 Å². The molecule has 1 fully saturated rings. The van der Waals surface area contributed by atoms with Crippen LogP contribution in [0.4, 0.5) is 0 Å². The van der Waals surface area contributed by atoms with Crippen molar-refractivity contribution in [2.45, 2.75) is 19.4 Å². The van der Waals surface area contributed by atoms with Crippen LogP contribution in [0.25, 0.3) is 0 Å². The van der Waals surface area contributed by atoms with Crippen LogP contribution < -0.4 is 5.32 Å². The average molecular weight is 128 g/mol. The van der Waals surface area contributed by atoms with Gasteiger partial charge in [0.1, 0.15) is 0 Å². The van der Waals surface area contributed by atoms with Gasteiger partial charge in [-0.05, 0) is 26.9 Å². The van der Waals surface area contributed by atoms with Crippen LogP contribution in [-0.4, -0.2) is 37.6 Å². The number of hydrogen-bond acceptors (Lipinski definition) is 2. The van der Waals surface area contributed by atoms with E-state index in [2.05, 4.69) is 24.2 Å². The molecule has 1 rings (SSSR count). The molecule has 2 heteroatoms. The largest absolute Gasteiger partial charge is 0.315 e. The highest BCUT2D eigenvalue weighted by Gasteiger charge is 2.10. The van der Waals surface area contributed by atoms with Crippen LogP contribution in [0.3, 0.4) is 0 Å². The predicted octanol–water partition coefficient (Wildman–Crippen LogP) is 0.300. The summed E-state index contributed by atoms with van der Waals surface area (Å²) in [6.45, 7) is 5.82. The van der Waals surface area contributed by atoms with E-state index in [0.29, 0.717) is 0 Å². The highest BCUT2D eigenvalue weighted by Crippen LogP contribution is 2.01. The summed E-state index contributed by atoms with van der Waals surface area (Å²) in [5, 5.41) is 3.37. The average Bonchev–Trinajstić information content (AvgIpc) is 1.99. The van der Waals surface area contributed by atoms with Gasteiger partial charge in [0.05, 0.1) is 0 Å². The molecule has 0 saturated carbocycles. The van der Waals surface area contributed by atoms with Crippen molar-refractivity contribution in [1.29, 1.82) is 0 Å². The van der Waals surface area contributed by atoms with Crippen molar-refractivity contribution in [3.05, 3.63) is 0 Å². The fourth-order valence-corrected chi connectivity index (χ4v) is 1.13. The van der Waals surface area contributed by atoms with Gasteiger partial charge in [-0.2, -0.15) is 0 Å². The zero-order valence-corrected chi connectivity index (χ0v) is 6.35. The normalized spacial score (nSPS) is 32.0. The first-order valence-electron chi connectivity index (χ1n) is 3.71. The molecule has 1 atom stereocenters. The Labute approximate surface area is 57.2 Å². The molecule has 0 aromatic carbocycles. The molecule has 54 valence electrons. The minimum Gasteiger partial charge on any atom is -0.315 e. The SMILES string of the molecule is CC1CCNCCN1C. The van der Waals surface area contributed by atoms with E-state index in [1.807, 2.05) is 0 Å². The number of nitrogens with one attached hydrogen (secondary N) is 1. The van der Waals surface area contributed by atoms with Crippen molar-refractivity contribution in [2.24, 2.45) is 0 Å². The monoisotopic (exact) mass is 128 g/mol. The van der Waals surface area contributed by atoms with Gasteiger partial charge >= 0.3 is 0 Å². The van der Waals surface area contributed by atoms with Crippen LogP contribution in [-0.2, 0) is 0 Å². The molecule has 1 aliphatic rings. The second kappa shape index (κ2) is 3.18. The van der Waals surface area contributed by atoms with Crippen molar-refractivity contribution >= 4 is 0 Å². The third kappa shape index (κ3) is 1.95. The van der Waals surface area contributed by atoms with E-state index in [9.17, 15) is 0 Å². The summed E-state index contributed by atoms with van der Waals surface area (Å²) in [6, 6.07) is 0.764. The van der Waals surface area contributed by atoms with Crippen molar-refractivity contribution in [1.82, 2.24) is 10.2 Å². The van der Waals surface area contributed by atoms with Gasteiger partial charge in [-0.15, -0.1) is 0 Å². The number of likely N-dealkylation sites (N-methyl/N-ethyl adjacent to an activating group) is 1. The second-order valence-corrected chi connectivity index (χ2v) is 2.87. The summed E-state index contributed by atoms with van der Waals surface area (Å²) in [5.41, 5.74) is 0. The quantitative estimate of drug-likeness (QED) is 0.505. The summed E-state index contributed by atoms with van der Waals surface area (Å²) in [7, 11) is 2.19. The smallest absolute Gasteiger partial charge is 0.0107 e. The lowest BCUT2D eigenvalue weighted by atomic mass is 10.2. The molecule has 1 unspecified atom stereocenters. The van der Waals surface area contributed by atoms with Gasteiger partial charge in [0.15, 0.2) is 0 Å². The molecule has 9 heavy (non-hydrogen) atoms. The maximum atomic E-state index is 3.37. The Hall–Kier alpha value is -0.0800. The van der Waals surface area contributed by atoms with Crippen LogP contribution in [0.1, 0.15) is 13.3 Å². The molecule has 1 N–H and O–H groups in total. The van der Waals surface area contributed by atoms with Crippen LogP contribution in [0.15, 0.2) is 0 Å². The standard InChI is InChI=1S/C7H16N2/c1-7-3-4-8-5-6-9(7)2/h7-8H,3-6H2,1-2H3. The predicted molar refractivity (Wildman–Crippen MR) is 39.6 cm³/mol. The van der Waals surface area contributed by atoms with Crippen molar-refractivity contribution < 1.29 is 0 Å². The van der Waals surface area contributed by atoms with Gasteiger partial charge in [-0.1, -0.05) is 0 Å². The third-order valence-electron chi connectivity index (χ3n) is 2.13.